The molecular formula is C16H14O3S. The number of thiol groups is 1. The summed E-state index contributed by atoms with van der Waals surface area (Å²) >= 11 is 4.22. The second-order valence-electron chi connectivity index (χ2n) is 4.23. The molecule has 0 aromatic heterocycles. The van der Waals surface area contributed by atoms with E-state index in [-0.39, 0.29) is 11.8 Å². The van der Waals surface area contributed by atoms with Crippen molar-refractivity contribution in [2.45, 2.75) is 18.2 Å². The lowest BCUT2D eigenvalue weighted by atomic mass is 10.0. The minimum absolute atomic E-state index is 0.129. The van der Waals surface area contributed by atoms with Crippen LogP contribution in [0.3, 0.4) is 0 Å². The summed E-state index contributed by atoms with van der Waals surface area (Å²) in [4.78, 5) is 24.3. The molecule has 0 saturated carbocycles. The molecule has 0 fully saturated rings. The first-order chi connectivity index (χ1) is 9.60. The molecule has 2 aromatic rings. The van der Waals surface area contributed by atoms with E-state index in [0.29, 0.717) is 23.3 Å². The van der Waals surface area contributed by atoms with Gasteiger partial charge in [0.25, 0.3) is 0 Å². The van der Waals surface area contributed by atoms with Crippen LogP contribution in [0.2, 0.25) is 0 Å². The summed E-state index contributed by atoms with van der Waals surface area (Å²) in [6.45, 7) is 1.72. The van der Waals surface area contributed by atoms with Crippen LogP contribution in [0.1, 0.15) is 29.3 Å². The lowest BCUT2D eigenvalue weighted by Crippen LogP contribution is -2.07. The third-order valence-corrected chi connectivity index (χ3v) is 3.00. The van der Waals surface area contributed by atoms with E-state index in [1.165, 1.54) is 0 Å². The Balaban J connectivity index is 2.26. The van der Waals surface area contributed by atoms with Crippen LogP contribution in [-0.2, 0) is 4.79 Å². The Morgan fingerprint density at radius 3 is 2.35 bits per heavy atom. The first kappa shape index (κ1) is 14.3. The summed E-state index contributed by atoms with van der Waals surface area (Å²) in [6, 6.07) is 13.6. The van der Waals surface area contributed by atoms with Gasteiger partial charge < -0.3 is 4.74 Å². The van der Waals surface area contributed by atoms with Crippen molar-refractivity contribution in [2.75, 3.05) is 0 Å². The minimum Gasteiger partial charge on any atom is -0.427 e. The van der Waals surface area contributed by atoms with Crippen LogP contribution in [0.4, 0.5) is 0 Å². The van der Waals surface area contributed by atoms with Crippen LogP contribution in [0.15, 0.2) is 53.4 Å². The molecule has 0 heterocycles. The van der Waals surface area contributed by atoms with Crippen molar-refractivity contribution >= 4 is 24.4 Å². The number of ketones is 1. The summed E-state index contributed by atoms with van der Waals surface area (Å²) in [5.74, 6) is -0.0769. The minimum atomic E-state index is -0.327. The van der Waals surface area contributed by atoms with Crippen LogP contribution in [-0.4, -0.2) is 11.8 Å². The van der Waals surface area contributed by atoms with Gasteiger partial charge in [-0.3, -0.25) is 9.59 Å². The zero-order valence-electron chi connectivity index (χ0n) is 11.0. The molecule has 0 N–H and O–H groups in total. The monoisotopic (exact) mass is 286 g/mol. The van der Waals surface area contributed by atoms with Crippen LogP contribution in [0.5, 0.6) is 5.75 Å². The number of hydrogen-bond donors (Lipinski definition) is 1. The van der Waals surface area contributed by atoms with Gasteiger partial charge in [0.2, 0.25) is 0 Å². The maximum atomic E-state index is 12.3. The summed E-state index contributed by atoms with van der Waals surface area (Å²) in [6.07, 6.45) is 0.292. The molecule has 0 atom stereocenters. The highest BCUT2D eigenvalue weighted by molar-refractivity contribution is 7.80. The molecule has 0 radical (unpaired) electrons. The van der Waals surface area contributed by atoms with Crippen LogP contribution >= 0.6 is 12.6 Å². The number of carbonyl (C=O) groups is 2. The number of rotatable bonds is 4. The van der Waals surface area contributed by atoms with E-state index >= 15 is 0 Å². The molecule has 0 aliphatic heterocycles. The topological polar surface area (TPSA) is 43.4 Å². The van der Waals surface area contributed by atoms with E-state index in [1.54, 1.807) is 55.5 Å². The van der Waals surface area contributed by atoms with Crippen molar-refractivity contribution in [3.05, 3.63) is 59.7 Å². The molecule has 0 unspecified atom stereocenters. The SMILES string of the molecule is CCC(=O)Oc1cccc(C(=O)c2cccc(S)c2)c1. The molecule has 102 valence electrons. The highest BCUT2D eigenvalue weighted by atomic mass is 32.1. The molecule has 0 amide bonds. The smallest absolute Gasteiger partial charge is 0.310 e. The Kier molecular flexibility index (Phi) is 4.58. The Hall–Kier alpha value is -2.07. The van der Waals surface area contributed by atoms with Crippen LogP contribution in [0, 0.1) is 0 Å². The first-order valence-corrected chi connectivity index (χ1v) is 6.69. The van der Waals surface area contributed by atoms with Crippen molar-refractivity contribution < 1.29 is 14.3 Å². The van der Waals surface area contributed by atoms with Crippen molar-refractivity contribution in [2.24, 2.45) is 0 Å². The maximum Gasteiger partial charge on any atom is 0.310 e. The average Bonchev–Trinajstić information content (AvgIpc) is 2.46. The molecule has 3 nitrogen and oxygen atoms in total. The van der Waals surface area contributed by atoms with Gasteiger partial charge in [-0.05, 0) is 24.3 Å². The number of ether oxygens (including phenoxy) is 1. The van der Waals surface area contributed by atoms with Gasteiger partial charge in [0, 0.05) is 22.4 Å². The second-order valence-corrected chi connectivity index (χ2v) is 4.75. The van der Waals surface area contributed by atoms with Gasteiger partial charge in [-0.15, -0.1) is 12.6 Å². The van der Waals surface area contributed by atoms with E-state index in [1.807, 2.05) is 0 Å². The van der Waals surface area contributed by atoms with Crippen molar-refractivity contribution in [3.8, 4) is 5.75 Å². The molecule has 0 spiro atoms. The molecule has 20 heavy (non-hydrogen) atoms. The zero-order valence-corrected chi connectivity index (χ0v) is 11.9. The molecule has 4 heteroatoms. The first-order valence-electron chi connectivity index (χ1n) is 6.24. The standard InChI is InChI=1S/C16H14O3S/c1-2-15(17)19-13-7-3-5-11(9-13)16(18)12-6-4-8-14(20)10-12/h3-10,20H,2H2,1H3. The average molecular weight is 286 g/mol. The molecule has 0 saturated heterocycles. The lowest BCUT2D eigenvalue weighted by Gasteiger charge is -2.06. The number of carbonyl (C=O) groups excluding carboxylic acids is 2. The van der Waals surface area contributed by atoms with E-state index in [9.17, 15) is 9.59 Å². The predicted octanol–water partition coefficient (Wildman–Crippen LogP) is 3.52. The van der Waals surface area contributed by atoms with Crippen molar-refractivity contribution in [1.82, 2.24) is 0 Å². The Labute approximate surface area is 123 Å². The van der Waals surface area contributed by atoms with E-state index in [0.717, 1.165) is 4.90 Å². The molecule has 0 aliphatic carbocycles. The number of benzene rings is 2. The molecule has 2 rings (SSSR count). The predicted molar refractivity (Wildman–Crippen MR) is 79.5 cm³/mol. The van der Waals surface area contributed by atoms with Gasteiger partial charge in [-0.1, -0.05) is 31.2 Å². The van der Waals surface area contributed by atoms with Gasteiger partial charge >= 0.3 is 5.97 Å². The number of esters is 1. The molecular weight excluding hydrogens is 272 g/mol. The summed E-state index contributed by atoms with van der Waals surface area (Å²) < 4.78 is 5.11. The van der Waals surface area contributed by atoms with Gasteiger partial charge in [-0.2, -0.15) is 0 Å². The van der Waals surface area contributed by atoms with Gasteiger partial charge in [0.05, 0.1) is 0 Å². The van der Waals surface area contributed by atoms with Crippen LogP contribution in [0.25, 0.3) is 0 Å². The Morgan fingerprint density at radius 1 is 1.05 bits per heavy atom. The Morgan fingerprint density at radius 2 is 1.70 bits per heavy atom. The van der Waals surface area contributed by atoms with Crippen molar-refractivity contribution in [1.29, 1.82) is 0 Å². The molecule has 2 aromatic carbocycles. The van der Waals surface area contributed by atoms with Gasteiger partial charge in [0.1, 0.15) is 5.75 Å². The van der Waals surface area contributed by atoms with E-state index in [2.05, 4.69) is 12.6 Å². The highest BCUT2D eigenvalue weighted by Crippen LogP contribution is 2.18. The van der Waals surface area contributed by atoms with Gasteiger partial charge in [0.15, 0.2) is 5.78 Å². The van der Waals surface area contributed by atoms with Gasteiger partial charge in [-0.25, -0.2) is 0 Å². The highest BCUT2D eigenvalue weighted by Gasteiger charge is 2.11. The van der Waals surface area contributed by atoms with E-state index in [4.69, 9.17) is 4.74 Å². The normalized spacial score (nSPS) is 10.1. The fraction of sp³-hybridized carbons (Fsp3) is 0.125. The Bertz CT molecular complexity index is 650. The largest absolute Gasteiger partial charge is 0.427 e. The fourth-order valence-corrected chi connectivity index (χ4v) is 1.94. The second kappa shape index (κ2) is 6.39. The maximum absolute atomic E-state index is 12.3. The lowest BCUT2D eigenvalue weighted by molar-refractivity contribution is -0.134. The molecule has 0 aliphatic rings. The van der Waals surface area contributed by atoms with Crippen molar-refractivity contribution in [3.63, 3.8) is 0 Å². The fourth-order valence-electron chi connectivity index (χ4n) is 1.72. The summed E-state index contributed by atoms with van der Waals surface area (Å²) in [7, 11) is 0. The zero-order chi connectivity index (χ0) is 14.5. The summed E-state index contributed by atoms with van der Waals surface area (Å²) in [5.41, 5.74) is 1.03. The molecule has 0 bridgehead atoms. The quantitative estimate of drug-likeness (QED) is 0.405. The van der Waals surface area contributed by atoms with Crippen LogP contribution < -0.4 is 4.74 Å². The third-order valence-electron chi connectivity index (χ3n) is 2.72. The van der Waals surface area contributed by atoms with E-state index < -0.39 is 0 Å². The third kappa shape index (κ3) is 3.48. The summed E-state index contributed by atoms with van der Waals surface area (Å²) in [5, 5.41) is 0. The number of hydrogen-bond acceptors (Lipinski definition) is 4.